The van der Waals surface area contributed by atoms with Gasteiger partial charge in [-0.2, -0.15) is 0 Å². The molecule has 0 aliphatic rings. The molecule has 0 saturated carbocycles. The summed E-state index contributed by atoms with van der Waals surface area (Å²) in [4.78, 5) is 10.1. The van der Waals surface area contributed by atoms with Crippen LogP contribution in [0.3, 0.4) is 0 Å². The number of hydrogen-bond donors (Lipinski definition) is 0. The van der Waals surface area contributed by atoms with Crippen molar-refractivity contribution in [2.24, 2.45) is 0 Å². The lowest BCUT2D eigenvalue weighted by Gasteiger charge is -2.14. The summed E-state index contributed by atoms with van der Waals surface area (Å²) in [5, 5.41) is 0. The molecule has 0 aliphatic carbocycles. The van der Waals surface area contributed by atoms with Crippen molar-refractivity contribution in [1.29, 1.82) is 0 Å². The second-order valence-corrected chi connectivity index (χ2v) is 2.52. The van der Waals surface area contributed by atoms with Crippen LogP contribution in [-0.4, -0.2) is 23.6 Å². The maximum Gasteiger partial charge on any atom is 0.132 e. The Bertz CT molecular complexity index is 301. The largest absolute Gasteiger partial charge is 0.348 e. The van der Waals surface area contributed by atoms with Gasteiger partial charge in [0.15, 0.2) is 0 Å². The molecule has 0 amide bonds. The first-order valence-electron chi connectivity index (χ1n) is 3.68. The predicted octanol–water partition coefficient (Wildman–Crippen LogP) is 0.854. The van der Waals surface area contributed by atoms with Crippen molar-refractivity contribution in [2.45, 2.75) is 6.92 Å². The predicted molar refractivity (Wildman–Crippen MR) is 48.9 cm³/mol. The number of rotatable bonds is 2. The highest BCUT2D eigenvalue weighted by Crippen LogP contribution is 2.05. The van der Waals surface area contributed by atoms with Crippen molar-refractivity contribution in [3.05, 3.63) is 18.1 Å². The summed E-state index contributed by atoms with van der Waals surface area (Å²) >= 11 is 0. The average molecular weight is 161 g/mol. The molecule has 0 saturated heterocycles. The second-order valence-electron chi connectivity index (χ2n) is 2.52. The Morgan fingerprint density at radius 1 is 1.67 bits per heavy atom. The van der Waals surface area contributed by atoms with E-state index < -0.39 is 0 Å². The fourth-order valence-corrected chi connectivity index (χ4v) is 0.874. The maximum absolute atomic E-state index is 5.17. The van der Waals surface area contributed by atoms with Gasteiger partial charge >= 0.3 is 0 Å². The molecule has 12 heavy (non-hydrogen) atoms. The van der Waals surface area contributed by atoms with Crippen LogP contribution in [0.5, 0.6) is 0 Å². The monoisotopic (exact) mass is 161 g/mol. The van der Waals surface area contributed by atoms with Crippen molar-refractivity contribution in [3.63, 3.8) is 0 Å². The maximum atomic E-state index is 5.17. The molecule has 0 aliphatic heterocycles. The first kappa shape index (κ1) is 8.54. The highest BCUT2D eigenvalue weighted by Gasteiger charge is 1.99. The lowest BCUT2D eigenvalue weighted by molar-refractivity contribution is 0.957. The molecule has 1 heterocycles. The van der Waals surface area contributed by atoms with Gasteiger partial charge in [0, 0.05) is 13.2 Å². The highest BCUT2D eigenvalue weighted by molar-refractivity contribution is 5.37. The lowest BCUT2D eigenvalue weighted by atomic mass is 10.5. The van der Waals surface area contributed by atoms with Gasteiger partial charge in [0.25, 0.3) is 0 Å². The Kier molecular flexibility index (Phi) is 2.65. The average Bonchev–Trinajstić information content (AvgIpc) is 2.05. The van der Waals surface area contributed by atoms with E-state index in [9.17, 15) is 0 Å². The SMILES string of the molecule is C#CCN(C)c1ccnc(C)n1. The van der Waals surface area contributed by atoms with Crippen molar-refractivity contribution in [3.8, 4) is 12.3 Å². The molecule has 1 aromatic rings. The van der Waals surface area contributed by atoms with Crippen LogP contribution in [0.15, 0.2) is 12.3 Å². The molecular formula is C9H11N3. The van der Waals surface area contributed by atoms with E-state index in [2.05, 4.69) is 15.9 Å². The standard InChI is InChI=1S/C9H11N3/c1-4-7-12(3)9-5-6-10-8(2)11-9/h1,5-6H,7H2,2-3H3. The quantitative estimate of drug-likeness (QED) is 0.602. The third-order valence-electron chi connectivity index (χ3n) is 1.48. The molecule has 0 unspecified atom stereocenters. The molecule has 3 heteroatoms. The van der Waals surface area contributed by atoms with E-state index in [-0.39, 0.29) is 0 Å². The van der Waals surface area contributed by atoms with Crippen molar-refractivity contribution >= 4 is 5.82 Å². The molecule has 0 N–H and O–H groups in total. The van der Waals surface area contributed by atoms with Gasteiger partial charge in [0.1, 0.15) is 11.6 Å². The fraction of sp³-hybridized carbons (Fsp3) is 0.333. The summed E-state index contributed by atoms with van der Waals surface area (Å²) in [6.45, 7) is 2.42. The normalized spacial score (nSPS) is 9.08. The summed E-state index contributed by atoms with van der Waals surface area (Å²) in [5.74, 6) is 4.17. The summed E-state index contributed by atoms with van der Waals surface area (Å²) in [5.41, 5.74) is 0. The third-order valence-corrected chi connectivity index (χ3v) is 1.48. The molecule has 62 valence electrons. The molecule has 0 spiro atoms. The zero-order valence-electron chi connectivity index (χ0n) is 7.28. The van der Waals surface area contributed by atoms with Gasteiger partial charge in [-0.3, -0.25) is 0 Å². The van der Waals surface area contributed by atoms with Crippen molar-refractivity contribution < 1.29 is 0 Å². The smallest absolute Gasteiger partial charge is 0.132 e. The molecule has 0 aromatic carbocycles. The fourth-order valence-electron chi connectivity index (χ4n) is 0.874. The van der Waals surface area contributed by atoms with Crippen molar-refractivity contribution in [2.75, 3.05) is 18.5 Å². The van der Waals surface area contributed by atoms with E-state index >= 15 is 0 Å². The van der Waals surface area contributed by atoms with Crippen LogP contribution in [0.25, 0.3) is 0 Å². The molecule has 1 aromatic heterocycles. The van der Waals surface area contributed by atoms with E-state index in [1.54, 1.807) is 6.20 Å². The Hall–Kier alpha value is -1.56. The molecule has 0 atom stereocenters. The topological polar surface area (TPSA) is 29.0 Å². The van der Waals surface area contributed by atoms with Crippen LogP contribution in [0.2, 0.25) is 0 Å². The lowest BCUT2D eigenvalue weighted by Crippen LogP contribution is -2.18. The Morgan fingerprint density at radius 3 is 3.00 bits per heavy atom. The van der Waals surface area contributed by atoms with Gasteiger partial charge in [-0.05, 0) is 13.0 Å². The first-order chi connectivity index (χ1) is 5.74. The summed E-state index contributed by atoms with van der Waals surface area (Å²) < 4.78 is 0. The molecule has 0 radical (unpaired) electrons. The summed E-state index contributed by atoms with van der Waals surface area (Å²) in [7, 11) is 1.90. The molecular weight excluding hydrogens is 150 g/mol. The number of hydrogen-bond acceptors (Lipinski definition) is 3. The van der Waals surface area contributed by atoms with Crippen LogP contribution < -0.4 is 4.90 Å². The van der Waals surface area contributed by atoms with E-state index in [4.69, 9.17) is 6.42 Å². The first-order valence-corrected chi connectivity index (χ1v) is 3.68. The van der Waals surface area contributed by atoms with Crippen LogP contribution in [0.1, 0.15) is 5.82 Å². The van der Waals surface area contributed by atoms with Crippen molar-refractivity contribution in [1.82, 2.24) is 9.97 Å². The number of aryl methyl sites for hydroxylation is 1. The van der Waals surface area contributed by atoms with Crippen LogP contribution in [0.4, 0.5) is 5.82 Å². The highest BCUT2D eigenvalue weighted by atomic mass is 15.2. The van der Waals surface area contributed by atoms with Gasteiger partial charge in [0.05, 0.1) is 6.54 Å². The van der Waals surface area contributed by atoms with Gasteiger partial charge in [-0.25, -0.2) is 9.97 Å². The zero-order valence-corrected chi connectivity index (χ0v) is 7.28. The summed E-state index contributed by atoms with van der Waals surface area (Å²) in [6, 6.07) is 1.84. The number of anilines is 1. The molecule has 0 bridgehead atoms. The van der Waals surface area contributed by atoms with Gasteiger partial charge in [0.2, 0.25) is 0 Å². The van der Waals surface area contributed by atoms with Gasteiger partial charge in [-0.15, -0.1) is 6.42 Å². The third kappa shape index (κ3) is 1.96. The summed E-state index contributed by atoms with van der Waals surface area (Å²) in [6.07, 6.45) is 6.90. The molecule has 1 rings (SSSR count). The minimum atomic E-state index is 0.566. The minimum Gasteiger partial charge on any atom is -0.348 e. The Morgan fingerprint density at radius 2 is 2.42 bits per heavy atom. The van der Waals surface area contributed by atoms with Crippen LogP contribution in [0, 0.1) is 19.3 Å². The van der Waals surface area contributed by atoms with E-state index in [0.717, 1.165) is 11.6 Å². The van der Waals surface area contributed by atoms with Gasteiger partial charge in [-0.1, -0.05) is 5.92 Å². The minimum absolute atomic E-state index is 0.566. The number of terminal acetylenes is 1. The van der Waals surface area contributed by atoms with E-state index in [0.29, 0.717) is 6.54 Å². The number of aromatic nitrogens is 2. The molecule has 0 fully saturated rings. The van der Waals surface area contributed by atoms with Crippen LogP contribution >= 0.6 is 0 Å². The second kappa shape index (κ2) is 3.72. The van der Waals surface area contributed by atoms with Gasteiger partial charge < -0.3 is 4.90 Å². The van der Waals surface area contributed by atoms with E-state index in [1.165, 1.54) is 0 Å². The zero-order chi connectivity index (χ0) is 8.97. The molecule has 3 nitrogen and oxygen atoms in total. The Labute approximate surface area is 72.5 Å². The number of nitrogens with zero attached hydrogens (tertiary/aromatic N) is 3. The van der Waals surface area contributed by atoms with E-state index in [1.807, 2.05) is 24.9 Å². The Balaban J connectivity index is 2.82. The van der Waals surface area contributed by atoms with Crippen LogP contribution in [-0.2, 0) is 0 Å².